The van der Waals surface area contributed by atoms with E-state index in [9.17, 15) is 15.2 Å². The molecule has 1 saturated carbocycles. The lowest BCUT2D eigenvalue weighted by Crippen LogP contribution is -2.36. The van der Waals surface area contributed by atoms with E-state index in [4.69, 9.17) is 11.6 Å². The predicted molar refractivity (Wildman–Crippen MR) is 79.5 cm³/mol. The standard InChI is InChI=1S/C14H19ClN2O3/c1-10-8-14(17(19)20)12(15)9-13(10)16(6-7-18)11-4-2-3-5-11/h8-9,11,18H,2-7H2,1H3. The Morgan fingerprint density at radius 1 is 1.45 bits per heavy atom. The number of nitrogens with zero attached hydrogens (tertiary/aromatic N) is 2. The van der Waals surface area contributed by atoms with Crippen LogP contribution in [0.2, 0.25) is 5.02 Å². The highest BCUT2D eigenvalue weighted by Crippen LogP contribution is 2.35. The topological polar surface area (TPSA) is 66.6 Å². The number of rotatable bonds is 5. The zero-order chi connectivity index (χ0) is 14.7. The maximum atomic E-state index is 10.9. The number of hydrogen-bond donors (Lipinski definition) is 1. The van der Waals surface area contributed by atoms with E-state index in [-0.39, 0.29) is 17.3 Å². The first-order valence-corrected chi connectivity index (χ1v) is 7.24. The first kappa shape index (κ1) is 15.1. The van der Waals surface area contributed by atoms with Crippen molar-refractivity contribution in [3.05, 3.63) is 32.8 Å². The molecule has 0 heterocycles. The fraction of sp³-hybridized carbons (Fsp3) is 0.571. The predicted octanol–water partition coefficient (Wildman–Crippen LogP) is 3.30. The van der Waals surface area contributed by atoms with Crippen LogP contribution in [0.4, 0.5) is 11.4 Å². The molecule has 0 amide bonds. The average molecular weight is 299 g/mol. The molecule has 5 nitrogen and oxygen atoms in total. The Bertz CT molecular complexity index is 501. The molecule has 1 aliphatic carbocycles. The number of hydrogen-bond acceptors (Lipinski definition) is 4. The zero-order valence-corrected chi connectivity index (χ0v) is 12.3. The van der Waals surface area contributed by atoms with Gasteiger partial charge in [-0.2, -0.15) is 0 Å². The fourth-order valence-electron chi connectivity index (χ4n) is 2.93. The highest BCUT2D eigenvalue weighted by Gasteiger charge is 2.25. The summed E-state index contributed by atoms with van der Waals surface area (Å²) in [6.45, 7) is 2.43. The molecule has 0 radical (unpaired) electrons. The number of aryl methyl sites for hydroxylation is 1. The summed E-state index contributed by atoms with van der Waals surface area (Å²) >= 11 is 6.02. The van der Waals surface area contributed by atoms with E-state index in [1.54, 1.807) is 6.07 Å². The Kier molecular flexibility index (Phi) is 4.83. The molecule has 20 heavy (non-hydrogen) atoms. The number of halogens is 1. The Labute approximate surface area is 123 Å². The van der Waals surface area contributed by atoms with Crippen molar-refractivity contribution in [2.75, 3.05) is 18.1 Å². The average Bonchev–Trinajstić information content (AvgIpc) is 2.92. The van der Waals surface area contributed by atoms with Crippen molar-refractivity contribution in [1.29, 1.82) is 0 Å². The molecule has 1 N–H and O–H groups in total. The Morgan fingerprint density at radius 3 is 2.65 bits per heavy atom. The van der Waals surface area contributed by atoms with Crippen molar-refractivity contribution >= 4 is 23.0 Å². The minimum absolute atomic E-state index is 0.0601. The Hall–Kier alpha value is -1.33. The van der Waals surface area contributed by atoms with Gasteiger partial charge in [0.15, 0.2) is 0 Å². The zero-order valence-electron chi connectivity index (χ0n) is 11.5. The number of benzene rings is 1. The van der Waals surface area contributed by atoms with E-state index in [0.29, 0.717) is 12.6 Å². The summed E-state index contributed by atoms with van der Waals surface area (Å²) in [6.07, 6.45) is 4.56. The number of nitro benzene ring substituents is 1. The monoisotopic (exact) mass is 298 g/mol. The van der Waals surface area contributed by atoms with E-state index in [0.717, 1.165) is 24.1 Å². The molecule has 1 aliphatic rings. The van der Waals surface area contributed by atoms with Crippen LogP contribution in [0.3, 0.4) is 0 Å². The van der Waals surface area contributed by atoms with Crippen molar-refractivity contribution in [3.63, 3.8) is 0 Å². The summed E-state index contributed by atoms with van der Waals surface area (Å²) in [5.74, 6) is 0. The number of aliphatic hydroxyl groups excluding tert-OH is 1. The minimum atomic E-state index is -0.467. The molecule has 0 atom stereocenters. The van der Waals surface area contributed by atoms with Crippen LogP contribution >= 0.6 is 11.6 Å². The number of nitro groups is 1. The van der Waals surface area contributed by atoms with Crippen LogP contribution in [-0.4, -0.2) is 29.2 Å². The van der Waals surface area contributed by atoms with Gasteiger partial charge in [-0.05, 0) is 31.4 Å². The van der Waals surface area contributed by atoms with Gasteiger partial charge in [0.2, 0.25) is 0 Å². The van der Waals surface area contributed by atoms with Crippen molar-refractivity contribution < 1.29 is 10.0 Å². The quantitative estimate of drug-likeness (QED) is 0.669. The molecule has 0 saturated heterocycles. The molecule has 1 aromatic carbocycles. The maximum absolute atomic E-state index is 10.9. The smallest absolute Gasteiger partial charge is 0.288 e. The van der Waals surface area contributed by atoms with Crippen molar-refractivity contribution in [1.82, 2.24) is 0 Å². The number of anilines is 1. The van der Waals surface area contributed by atoms with Crippen LogP contribution in [0.25, 0.3) is 0 Å². The van der Waals surface area contributed by atoms with Crippen LogP contribution in [0.5, 0.6) is 0 Å². The number of aliphatic hydroxyl groups is 1. The van der Waals surface area contributed by atoms with E-state index >= 15 is 0 Å². The first-order valence-electron chi connectivity index (χ1n) is 6.86. The highest BCUT2D eigenvalue weighted by atomic mass is 35.5. The summed E-state index contributed by atoms with van der Waals surface area (Å²) < 4.78 is 0. The van der Waals surface area contributed by atoms with Gasteiger partial charge in [0.05, 0.1) is 11.5 Å². The van der Waals surface area contributed by atoms with Gasteiger partial charge in [-0.1, -0.05) is 24.4 Å². The molecule has 0 unspecified atom stereocenters. The molecule has 2 rings (SSSR count). The molecule has 1 aromatic rings. The lowest BCUT2D eigenvalue weighted by molar-refractivity contribution is -0.384. The van der Waals surface area contributed by atoms with Crippen LogP contribution < -0.4 is 4.90 Å². The molecule has 110 valence electrons. The molecule has 1 fully saturated rings. The first-order chi connectivity index (χ1) is 9.54. The van der Waals surface area contributed by atoms with Gasteiger partial charge in [-0.25, -0.2) is 0 Å². The molecule has 0 aliphatic heterocycles. The summed E-state index contributed by atoms with van der Waals surface area (Å²) in [7, 11) is 0. The van der Waals surface area contributed by atoms with E-state index in [1.165, 1.54) is 18.9 Å². The second-order valence-electron chi connectivity index (χ2n) is 5.20. The third kappa shape index (κ3) is 3.04. The second-order valence-corrected chi connectivity index (χ2v) is 5.61. The van der Waals surface area contributed by atoms with Crippen LogP contribution in [-0.2, 0) is 0 Å². The van der Waals surface area contributed by atoms with Gasteiger partial charge in [-0.15, -0.1) is 0 Å². The fourth-order valence-corrected chi connectivity index (χ4v) is 3.16. The van der Waals surface area contributed by atoms with Crippen LogP contribution in [0.15, 0.2) is 12.1 Å². The lowest BCUT2D eigenvalue weighted by atomic mass is 10.1. The molecule has 6 heteroatoms. The molecule has 0 aromatic heterocycles. The van der Waals surface area contributed by atoms with Crippen LogP contribution in [0.1, 0.15) is 31.2 Å². The molecule has 0 spiro atoms. The summed E-state index contributed by atoms with van der Waals surface area (Å²) in [5, 5.41) is 20.3. The van der Waals surface area contributed by atoms with Gasteiger partial charge >= 0.3 is 0 Å². The second kappa shape index (κ2) is 6.41. The van der Waals surface area contributed by atoms with Gasteiger partial charge in [0.1, 0.15) is 5.02 Å². The largest absolute Gasteiger partial charge is 0.395 e. The van der Waals surface area contributed by atoms with Crippen molar-refractivity contribution in [3.8, 4) is 0 Å². The molecular weight excluding hydrogens is 280 g/mol. The van der Waals surface area contributed by atoms with Crippen molar-refractivity contribution in [2.45, 2.75) is 38.6 Å². The van der Waals surface area contributed by atoms with E-state index in [1.807, 2.05) is 6.92 Å². The van der Waals surface area contributed by atoms with E-state index < -0.39 is 4.92 Å². The Morgan fingerprint density at radius 2 is 2.10 bits per heavy atom. The van der Waals surface area contributed by atoms with Gasteiger partial charge in [0.25, 0.3) is 5.69 Å². The molecular formula is C14H19ClN2O3. The molecule has 0 bridgehead atoms. The summed E-state index contributed by atoms with van der Waals surface area (Å²) in [4.78, 5) is 12.6. The SMILES string of the molecule is Cc1cc([N+](=O)[O-])c(Cl)cc1N(CCO)C1CCCC1. The van der Waals surface area contributed by atoms with Gasteiger partial charge in [0, 0.05) is 24.3 Å². The highest BCUT2D eigenvalue weighted by molar-refractivity contribution is 6.33. The summed E-state index contributed by atoms with van der Waals surface area (Å²) in [5.41, 5.74) is 1.64. The van der Waals surface area contributed by atoms with Crippen LogP contribution in [0, 0.1) is 17.0 Å². The van der Waals surface area contributed by atoms with Gasteiger partial charge in [-0.3, -0.25) is 10.1 Å². The van der Waals surface area contributed by atoms with Crippen molar-refractivity contribution in [2.24, 2.45) is 0 Å². The Balaban J connectivity index is 2.37. The normalized spacial score (nSPS) is 15.6. The van der Waals surface area contributed by atoms with Gasteiger partial charge < -0.3 is 10.0 Å². The third-order valence-corrected chi connectivity index (χ3v) is 4.18. The third-order valence-electron chi connectivity index (χ3n) is 3.88. The van der Waals surface area contributed by atoms with E-state index in [2.05, 4.69) is 4.90 Å². The minimum Gasteiger partial charge on any atom is -0.395 e. The summed E-state index contributed by atoms with van der Waals surface area (Å²) in [6, 6.07) is 3.55. The maximum Gasteiger partial charge on any atom is 0.288 e. The lowest BCUT2D eigenvalue weighted by Gasteiger charge is -2.32.